The van der Waals surface area contributed by atoms with E-state index in [0.717, 1.165) is 24.3 Å². The topological polar surface area (TPSA) is 32.3 Å². The van der Waals surface area contributed by atoms with Crippen molar-refractivity contribution >= 4 is 11.6 Å². The molecule has 0 saturated heterocycles. The van der Waals surface area contributed by atoms with Crippen LogP contribution in [0.1, 0.15) is 18.1 Å². The van der Waals surface area contributed by atoms with Gasteiger partial charge in [-0.2, -0.15) is 0 Å². The second-order valence-electron chi connectivity index (χ2n) is 5.50. The maximum absolute atomic E-state index is 11.1. The fourth-order valence-corrected chi connectivity index (χ4v) is 2.30. The molecule has 1 N–H and O–H groups in total. The summed E-state index contributed by atoms with van der Waals surface area (Å²) in [5.41, 5.74) is 3.01. The van der Waals surface area contributed by atoms with Crippen LogP contribution < -0.4 is 5.32 Å². The Morgan fingerprint density at radius 2 is 1.88 bits per heavy atom. The van der Waals surface area contributed by atoms with Crippen LogP contribution >= 0.6 is 0 Å². The lowest BCUT2D eigenvalue weighted by Crippen LogP contribution is -2.23. The summed E-state index contributed by atoms with van der Waals surface area (Å²) in [5.74, 6) is 6.33. The molecule has 0 aliphatic heterocycles. The fraction of sp³-hybridized carbons (Fsp3) is 0.190. The molecule has 0 heterocycles. The molecule has 0 radical (unpaired) electrons. The Kier molecular flexibility index (Phi) is 6.82. The number of hydrogen-bond donors (Lipinski definition) is 1. The Hall–Kier alpha value is -2.83. The first-order valence-corrected chi connectivity index (χ1v) is 7.91. The molecule has 2 aromatic rings. The van der Waals surface area contributed by atoms with E-state index in [1.165, 1.54) is 12.5 Å². The van der Waals surface area contributed by atoms with Crippen molar-refractivity contribution in [2.45, 2.75) is 13.5 Å². The fourth-order valence-electron chi connectivity index (χ4n) is 2.30. The first-order chi connectivity index (χ1) is 11.7. The third-order valence-electron chi connectivity index (χ3n) is 3.38. The summed E-state index contributed by atoms with van der Waals surface area (Å²) >= 11 is 0. The molecule has 0 unspecified atom stereocenters. The zero-order chi connectivity index (χ0) is 17.2. The van der Waals surface area contributed by atoms with E-state index >= 15 is 0 Å². The maximum Gasteiger partial charge on any atom is 0.221 e. The van der Waals surface area contributed by atoms with Gasteiger partial charge in [0.15, 0.2) is 0 Å². The highest BCUT2D eigenvalue weighted by molar-refractivity contribution is 5.88. The highest BCUT2D eigenvalue weighted by Crippen LogP contribution is 2.11. The molecular weight excluding hydrogens is 296 g/mol. The van der Waals surface area contributed by atoms with Crippen LogP contribution in [0.15, 0.2) is 67.3 Å². The summed E-state index contributed by atoms with van der Waals surface area (Å²) in [6.45, 7) is 7.56. The van der Waals surface area contributed by atoms with Gasteiger partial charge in [-0.25, -0.2) is 0 Å². The number of amides is 1. The predicted molar refractivity (Wildman–Crippen MR) is 99.5 cm³/mol. The van der Waals surface area contributed by atoms with E-state index < -0.39 is 0 Å². The molecule has 0 fully saturated rings. The van der Waals surface area contributed by atoms with Crippen molar-refractivity contribution in [3.8, 4) is 11.8 Å². The van der Waals surface area contributed by atoms with Gasteiger partial charge in [0.05, 0.1) is 6.54 Å². The lowest BCUT2D eigenvalue weighted by atomic mass is 10.2. The van der Waals surface area contributed by atoms with Gasteiger partial charge < -0.3 is 5.32 Å². The van der Waals surface area contributed by atoms with Gasteiger partial charge in [-0.05, 0) is 29.8 Å². The first-order valence-electron chi connectivity index (χ1n) is 7.91. The van der Waals surface area contributed by atoms with Gasteiger partial charge in [0, 0.05) is 31.3 Å². The van der Waals surface area contributed by atoms with E-state index in [1.54, 1.807) is 0 Å². The molecule has 0 atom stereocenters. The van der Waals surface area contributed by atoms with E-state index in [2.05, 4.69) is 28.6 Å². The number of hydrogen-bond acceptors (Lipinski definition) is 2. The minimum atomic E-state index is -0.0628. The van der Waals surface area contributed by atoms with Crippen LogP contribution in [0.5, 0.6) is 0 Å². The normalized spacial score (nSPS) is 9.92. The summed E-state index contributed by atoms with van der Waals surface area (Å²) in [4.78, 5) is 13.3. The molecule has 122 valence electrons. The average Bonchev–Trinajstić information content (AvgIpc) is 2.57. The highest BCUT2D eigenvalue weighted by atomic mass is 16.1. The van der Waals surface area contributed by atoms with Crippen LogP contribution in [0.4, 0.5) is 5.69 Å². The Balaban J connectivity index is 1.96. The number of carbonyl (C=O) groups excluding carboxylic acids is 1. The Morgan fingerprint density at radius 3 is 2.50 bits per heavy atom. The second kappa shape index (κ2) is 9.34. The molecule has 3 nitrogen and oxygen atoms in total. The molecule has 3 heteroatoms. The van der Waals surface area contributed by atoms with Crippen LogP contribution in [0.2, 0.25) is 0 Å². The quantitative estimate of drug-likeness (QED) is 0.651. The first kappa shape index (κ1) is 17.5. The van der Waals surface area contributed by atoms with Gasteiger partial charge in [-0.15, -0.1) is 6.58 Å². The SMILES string of the molecule is C=CCN(CC#Cc1ccccc1)Cc1ccc(NC(C)=O)cc1. The average molecular weight is 318 g/mol. The minimum Gasteiger partial charge on any atom is -0.326 e. The number of carbonyl (C=O) groups is 1. The standard InChI is InChI=1S/C21H22N2O/c1-3-15-23(16-7-10-19-8-5-4-6-9-19)17-20-11-13-21(14-12-20)22-18(2)24/h3-6,8-9,11-14H,1,15-17H2,2H3,(H,22,24). The third kappa shape index (κ3) is 6.12. The largest absolute Gasteiger partial charge is 0.326 e. The van der Waals surface area contributed by atoms with Gasteiger partial charge in [-0.3, -0.25) is 9.69 Å². The van der Waals surface area contributed by atoms with Gasteiger partial charge in [0.25, 0.3) is 0 Å². The second-order valence-corrected chi connectivity index (χ2v) is 5.50. The summed E-state index contributed by atoms with van der Waals surface area (Å²) < 4.78 is 0. The van der Waals surface area contributed by atoms with E-state index in [9.17, 15) is 4.79 Å². The molecule has 0 spiro atoms. The van der Waals surface area contributed by atoms with Gasteiger partial charge in [0.2, 0.25) is 5.91 Å². The van der Waals surface area contributed by atoms with Crippen molar-refractivity contribution in [2.24, 2.45) is 0 Å². The zero-order valence-electron chi connectivity index (χ0n) is 14.0. The monoisotopic (exact) mass is 318 g/mol. The van der Waals surface area contributed by atoms with Crippen LogP contribution in [-0.2, 0) is 11.3 Å². The van der Waals surface area contributed by atoms with E-state index in [1.807, 2.05) is 60.7 Å². The molecule has 2 aromatic carbocycles. The number of anilines is 1. The molecule has 0 bridgehead atoms. The molecule has 0 saturated carbocycles. The van der Waals surface area contributed by atoms with Gasteiger partial charge in [0.1, 0.15) is 0 Å². The van der Waals surface area contributed by atoms with E-state index in [-0.39, 0.29) is 5.91 Å². The maximum atomic E-state index is 11.1. The van der Waals surface area contributed by atoms with Crippen LogP contribution in [0.25, 0.3) is 0 Å². The number of rotatable bonds is 6. The van der Waals surface area contributed by atoms with Crippen LogP contribution in [0.3, 0.4) is 0 Å². The van der Waals surface area contributed by atoms with Crippen LogP contribution in [0, 0.1) is 11.8 Å². The molecule has 0 aliphatic carbocycles. The van der Waals surface area contributed by atoms with Crippen molar-refractivity contribution in [2.75, 3.05) is 18.4 Å². The van der Waals surface area contributed by atoms with Crippen molar-refractivity contribution < 1.29 is 4.79 Å². The Morgan fingerprint density at radius 1 is 1.17 bits per heavy atom. The van der Waals surface area contributed by atoms with E-state index in [4.69, 9.17) is 0 Å². The van der Waals surface area contributed by atoms with E-state index in [0.29, 0.717) is 6.54 Å². The Bertz CT molecular complexity index is 724. The zero-order valence-corrected chi connectivity index (χ0v) is 14.0. The molecular formula is C21H22N2O. The summed E-state index contributed by atoms with van der Waals surface area (Å²) in [7, 11) is 0. The lowest BCUT2D eigenvalue weighted by Gasteiger charge is -2.18. The third-order valence-corrected chi connectivity index (χ3v) is 3.38. The molecule has 0 aromatic heterocycles. The molecule has 1 amide bonds. The molecule has 24 heavy (non-hydrogen) atoms. The van der Waals surface area contributed by atoms with Crippen LogP contribution in [-0.4, -0.2) is 23.9 Å². The smallest absolute Gasteiger partial charge is 0.221 e. The van der Waals surface area contributed by atoms with Crippen molar-refractivity contribution in [1.29, 1.82) is 0 Å². The summed E-state index contributed by atoms with van der Waals surface area (Å²) in [6, 6.07) is 17.8. The van der Waals surface area contributed by atoms with Crippen molar-refractivity contribution in [3.63, 3.8) is 0 Å². The van der Waals surface area contributed by atoms with Gasteiger partial charge >= 0.3 is 0 Å². The molecule has 2 rings (SSSR count). The number of nitrogens with zero attached hydrogens (tertiary/aromatic N) is 1. The predicted octanol–water partition coefficient (Wildman–Crippen LogP) is 3.68. The Labute approximate surface area is 144 Å². The minimum absolute atomic E-state index is 0.0628. The van der Waals surface area contributed by atoms with Gasteiger partial charge in [-0.1, -0.05) is 48.2 Å². The number of benzene rings is 2. The molecule has 0 aliphatic rings. The summed E-state index contributed by atoms with van der Waals surface area (Å²) in [5, 5.41) is 2.77. The van der Waals surface area contributed by atoms with Crippen molar-refractivity contribution in [3.05, 3.63) is 78.4 Å². The van der Waals surface area contributed by atoms with Crippen molar-refractivity contribution in [1.82, 2.24) is 4.90 Å². The summed E-state index contributed by atoms with van der Waals surface area (Å²) in [6.07, 6.45) is 1.88. The highest BCUT2D eigenvalue weighted by Gasteiger charge is 2.03. The number of nitrogens with one attached hydrogen (secondary N) is 1. The lowest BCUT2D eigenvalue weighted by molar-refractivity contribution is -0.114.